The molecule has 15 heavy (non-hydrogen) atoms. The van der Waals surface area contributed by atoms with E-state index in [1.807, 2.05) is 0 Å². The van der Waals surface area contributed by atoms with Gasteiger partial charge in [-0.25, -0.2) is 8.78 Å². The van der Waals surface area contributed by atoms with Gasteiger partial charge < -0.3 is 0 Å². The van der Waals surface area contributed by atoms with Crippen molar-refractivity contribution < 1.29 is 22.0 Å². The number of hydrogen-bond acceptors (Lipinski definition) is 0. The molecule has 0 bridgehead atoms. The van der Waals surface area contributed by atoms with Crippen molar-refractivity contribution in [2.24, 2.45) is 0 Å². The van der Waals surface area contributed by atoms with Crippen molar-refractivity contribution >= 4 is 15.9 Å². The molecule has 0 aliphatic rings. The van der Waals surface area contributed by atoms with Gasteiger partial charge >= 0.3 is 6.18 Å². The van der Waals surface area contributed by atoms with E-state index in [2.05, 4.69) is 15.9 Å². The Balaban J connectivity index is 3.60. The zero-order valence-corrected chi connectivity index (χ0v) is 8.51. The summed E-state index contributed by atoms with van der Waals surface area (Å²) < 4.78 is 62.3. The van der Waals surface area contributed by atoms with Crippen LogP contribution in [0.5, 0.6) is 0 Å². The molecule has 0 saturated heterocycles. The Labute approximate surface area is 90.2 Å². The lowest BCUT2D eigenvalue weighted by Gasteiger charge is -2.10. The van der Waals surface area contributed by atoms with Gasteiger partial charge in [-0.05, 0) is 22.0 Å². The summed E-state index contributed by atoms with van der Waals surface area (Å²) in [7, 11) is 0. The highest BCUT2D eigenvalue weighted by atomic mass is 79.9. The minimum atomic E-state index is -4.91. The average molecular weight is 285 g/mol. The van der Waals surface area contributed by atoms with Crippen molar-refractivity contribution in [1.29, 1.82) is 0 Å². The van der Waals surface area contributed by atoms with Crippen LogP contribution in [0.2, 0.25) is 0 Å². The van der Waals surface area contributed by atoms with Gasteiger partial charge in [-0.2, -0.15) is 13.2 Å². The zero-order chi connectivity index (χ0) is 11.8. The molecular formula is C9H2BrF5. The average Bonchev–Trinajstić information content (AvgIpc) is 2.10. The van der Waals surface area contributed by atoms with Gasteiger partial charge in [0, 0.05) is 0 Å². The fraction of sp³-hybridized carbons (Fsp3) is 0.111. The van der Waals surface area contributed by atoms with E-state index in [9.17, 15) is 22.0 Å². The number of rotatable bonds is 0. The van der Waals surface area contributed by atoms with Crippen LogP contribution in [-0.4, -0.2) is 0 Å². The second-order valence-corrected chi connectivity index (χ2v) is 3.41. The maximum Gasteiger partial charge on any atom is 0.419 e. The van der Waals surface area contributed by atoms with E-state index in [4.69, 9.17) is 6.42 Å². The minimum absolute atomic E-state index is 0.311. The summed E-state index contributed by atoms with van der Waals surface area (Å²) in [5, 5.41) is 0. The predicted octanol–water partition coefficient (Wildman–Crippen LogP) is 3.73. The summed E-state index contributed by atoms with van der Waals surface area (Å²) in [6, 6.07) is 0.311. The molecule has 0 aliphatic heterocycles. The van der Waals surface area contributed by atoms with Crippen molar-refractivity contribution in [3.8, 4) is 12.3 Å². The Morgan fingerprint density at radius 1 is 1.20 bits per heavy atom. The monoisotopic (exact) mass is 284 g/mol. The maximum absolute atomic E-state index is 13.1. The smallest absolute Gasteiger partial charge is 0.205 e. The first-order valence-electron chi connectivity index (χ1n) is 3.50. The number of hydrogen-bond donors (Lipinski definition) is 0. The van der Waals surface area contributed by atoms with Crippen LogP contribution in [-0.2, 0) is 6.18 Å². The lowest BCUT2D eigenvalue weighted by molar-refractivity contribution is -0.140. The van der Waals surface area contributed by atoms with Crippen LogP contribution < -0.4 is 0 Å². The quantitative estimate of drug-likeness (QED) is 0.387. The van der Waals surface area contributed by atoms with Crippen LogP contribution in [0, 0.1) is 24.0 Å². The van der Waals surface area contributed by atoms with E-state index in [1.165, 1.54) is 5.92 Å². The molecule has 0 atom stereocenters. The molecular weight excluding hydrogens is 283 g/mol. The summed E-state index contributed by atoms with van der Waals surface area (Å²) in [5.74, 6) is -1.46. The molecule has 0 N–H and O–H groups in total. The summed E-state index contributed by atoms with van der Waals surface area (Å²) in [6.45, 7) is 0. The third-order valence-electron chi connectivity index (χ3n) is 1.61. The van der Waals surface area contributed by atoms with Crippen molar-refractivity contribution in [1.82, 2.24) is 0 Å². The molecule has 80 valence electrons. The van der Waals surface area contributed by atoms with Gasteiger partial charge in [-0.1, -0.05) is 5.92 Å². The maximum atomic E-state index is 13.1. The van der Waals surface area contributed by atoms with Crippen LogP contribution in [0.15, 0.2) is 10.5 Å². The molecule has 0 unspecified atom stereocenters. The standard InChI is InChI=1S/C9H2BrF5/c1-2-4-7(11)5(9(13,14)15)3-6(10)8(4)12/h1,3H. The van der Waals surface area contributed by atoms with Crippen molar-refractivity contribution in [3.05, 3.63) is 33.3 Å². The van der Waals surface area contributed by atoms with Gasteiger partial charge in [0.05, 0.1) is 15.6 Å². The third-order valence-corrected chi connectivity index (χ3v) is 2.18. The highest BCUT2D eigenvalue weighted by Crippen LogP contribution is 2.35. The number of benzene rings is 1. The second-order valence-electron chi connectivity index (χ2n) is 2.55. The van der Waals surface area contributed by atoms with Crippen molar-refractivity contribution in [2.45, 2.75) is 6.18 Å². The highest BCUT2D eigenvalue weighted by Gasteiger charge is 2.36. The lowest BCUT2D eigenvalue weighted by Crippen LogP contribution is -2.11. The first-order valence-corrected chi connectivity index (χ1v) is 4.29. The lowest BCUT2D eigenvalue weighted by atomic mass is 10.1. The number of terminal acetylenes is 1. The molecule has 0 nitrogen and oxygen atoms in total. The molecule has 0 aromatic heterocycles. The summed E-state index contributed by atoms with van der Waals surface area (Å²) >= 11 is 2.53. The van der Waals surface area contributed by atoms with Crippen LogP contribution in [0.4, 0.5) is 22.0 Å². The Hall–Kier alpha value is -1.09. The van der Waals surface area contributed by atoms with E-state index >= 15 is 0 Å². The van der Waals surface area contributed by atoms with E-state index < -0.39 is 33.4 Å². The number of alkyl halides is 3. The van der Waals surface area contributed by atoms with E-state index in [1.54, 1.807) is 0 Å². The topological polar surface area (TPSA) is 0 Å². The Bertz CT molecular complexity index is 441. The molecule has 0 amide bonds. The molecule has 0 saturated carbocycles. The molecule has 1 aromatic rings. The van der Waals surface area contributed by atoms with Gasteiger partial charge in [0.1, 0.15) is 0 Å². The van der Waals surface area contributed by atoms with Crippen LogP contribution >= 0.6 is 15.9 Å². The van der Waals surface area contributed by atoms with E-state index in [0.717, 1.165) is 0 Å². The summed E-state index contributed by atoms with van der Waals surface area (Å²) in [5.41, 5.74) is -2.62. The largest absolute Gasteiger partial charge is 0.419 e. The second kappa shape index (κ2) is 3.81. The number of halogens is 6. The zero-order valence-electron chi connectivity index (χ0n) is 6.92. The van der Waals surface area contributed by atoms with Gasteiger partial charge in [0.15, 0.2) is 11.6 Å². The van der Waals surface area contributed by atoms with Crippen LogP contribution in [0.25, 0.3) is 0 Å². The normalized spacial score (nSPS) is 11.3. The Morgan fingerprint density at radius 3 is 2.13 bits per heavy atom. The van der Waals surface area contributed by atoms with Gasteiger partial charge in [-0.15, -0.1) is 6.42 Å². The summed E-state index contributed by atoms with van der Waals surface area (Å²) in [4.78, 5) is 0. The van der Waals surface area contributed by atoms with Crippen molar-refractivity contribution in [2.75, 3.05) is 0 Å². The van der Waals surface area contributed by atoms with Crippen LogP contribution in [0.1, 0.15) is 11.1 Å². The Kier molecular flexibility index (Phi) is 3.05. The van der Waals surface area contributed by atoms with E-state index in [0.29, 0.717) is 6.07 Å². The van der Waals surface area contributed by atoms with Gasteiger partial charge in [-0.3, -0.25) is 0 Å². The fourth-order valence-electron chi connectivity index (χ4n) is 0.937. The third kappa shape index (κ3) is 2.12. The highest BCUT2D eigenvalue weighted by molar-refractivity contribution is 9.10. The summed E-state index contributed by atoms with van der Waals surface area (Å²) in [6.07, 6.45) is -0.196. The van der Waals surface area contributed by atoms with Gasteiger partial charge in [0.2, 0.25) is 0 Å². The molecule has 0 fully saturated rings. The first kappa shape index (κ1) is 12.0. The molecule has 1 rings (SSSR count). The van der Waals surface area contributed by atoms with Crippen molar-refractivity contribution in [3.63, 3.8) is 0 Å². The molecule has 0 radical (unpaired) electrons. The van der Waals surface area contributed by atoms with Crippen LogP contribution in [0.3, 0.4) is 0 Å². The predicted molar refractivity (Wildman–Crippen MR) is 47.0 cm³/mol. The molecule has 1 aromatic carbocycles. The first-order chi connectivity index (χ1) is 6.79. The molecule has 6 heteroatoms. The minimum Gasteiger partial charge on any atom is -0.205 e. The Morgan fingerprint density at radius 2 is 1.73 bits per heavy atom. The molecule has 0 heterocycles. The molecule has 0 aliphatic carbocycles. The SMILES string of the molecule is C#Cc1c(F)c(Br)cc(C(F)(F)F)c1F. The van der Waals surface area contributed by atoms with E-state index in [-0.39, 0.29) is 0 Å². The fourth-order valence-corrected chi connectivity index (χ4v) is 1.36. The molecule has 0 spiro atoms. The van der Waals surface area contributed by atoms with Gasteiger partial charge in [0.25, 0.3) is 0 Å².